The third-order valence-electron chi connectivity index (χ3n) is 8.30. The lowest BCUT2D eigenvalue weighted by atomic mass is 9.59. The molecule has 3 aromatic heterocycles. The lowest BCUT2D eigenvalue weighted by Gasteiger charge is -2.47. The number of pyridine rings is 3. The van der Waals surface area contributed by atoms with Crippen molar-refractivity contribution in [3.05, 3.63) is 89.2 Å². The minimum absolute atomic E-state index is 0.175. The van der Waals surface area contributed by atoms with E-state index >= 15 is 0 Å². The predicted octanol–water partition coefficient (Wildman–Crippen LogP) is 3.53. The van der Waals surface area contributed by atoms with Gasteiger partial charge in [0.05, 0.1) is 5.54 Å². The molecular weight excluding hydrogens is 496 g/mol. The zero-order valence-corrected chi connectivity index (χ0v) is 21.6. The van der Waals surface area contributed by atoms with E-state index in [-0.39, 0.29) is 23.6 Å². The van der Waals surface area contributed by atoms with E-state index in [4.69, 9.17) is 10.5 Å². The summed E-state index contributed by atoms with van der Waals surface area (Å²) in [6, 6.07) is 14.5. The molecule has 4 aromatic rings. The van der Waals surface area contributed by atoms with E-state index in [2.05, 4.69) is 15.3 Å². The second-order valence-corrected chi connectivity index (χ2v) is 10.7. The number of aryl methyl sites for hydroxylation is 1. The molecule has 0 radical (unpaired) electrons. The number of ether oxygens (including phenoxy) is 1. The Labute approximate surface area is 225 Å². The zero-order valence-electron chi connectivity index (χ0n) is 21.6. The highest BCUT2D eigenvalue weighted by Gasteiger charge is 2.72. The average Bonchev–Trinajstić information content (AvgIpc) is 3.33. The summed E-state index contributed by atoms with van der Waals surface area (Å²) in [5, 5.41) is 15.9. The Hall–Kier alpha value is -4.60. The first kappa shape index (κ1) is 24.7. The number of nitrogens with zero attached hydrogens (tertiary/aromatic N) is 4. The normalized spacial score (nSPS) is 23.4. The van der Waals surface area contributed by atoms with Crippen LogP contribution < -0.4 is 21.3 Å². The molecule has 1 aliphatic carbocycles. The summed E-state index contributed by atoms with van der Waals surface area (Å²) in [4.78, 5) is 34.9. The standard InChI is InChI=1S/C29H30N6O4/c1-34-11-8-20(13-25(34)36)39-18-29-15-28(16-29,24(35(29)27(37)38)12-19-4-3-9-31-14-19)17-33-23-6-2-5-22-21(23)7-10-32-26(22)30/h2-11,13-14,24,33H,12,15-18H2,1H3,(H2,30,32)(H,37,38). The van der Waals surface area contributed by atoms with E-state index in [1.54, 1.807) is 42.8 Å². The molecule has 2 bridgehead atoms. The number of carboxylic acid groups (broad SMARTS) is 1. The van der Waals surface area contributed by atoms with Gasteiger partial charge in [-0.2, -0.15) is 0 Å². The van der Waals surface area contributed by atoms with Crippen molar-refractivity contribution < 1.29 is 14.6 Å². The van der Waals surface area contributed by atoms with Crippen LogP contribution in [0.5, 0.6) is 5.75 Å². The van der Waals surface area contributed by atoms with Gasteiger partial charge in [0.1, 0.15) is 18.2 Å². The molecule has 1 atom stereocenters. The van der Waals surface area contributed by atoms with Crippen LogP contribution in [-0.2, 0) is 13.5 Å². The number of hydrogen-bond donors (Lipinski definition) is 3. The lowest BCUT2D eigenvalue weighted by molar-refractivity contribution is 0.0236. The first-order valence-electron chi connectivity index (χ1n) is 12.9. The number of benzene rings is 1. The molecule has 3 fully saturated rings. The number of rotatable bonds is 8. The first-order chi connectivity index (χ1) is 18.8. The quantitative estimate of drug-likeness (QED) is 0.317. The molecule has 200 valence electrons. The van der Waals surface area contributed by atoms with Gasteiger partial charge in [-0.1, -0.05) is 18.2 Å². The molecule has 39 heavy (non-hydrogen) atoms. The van der Waals surface area contributed by atoms with Crippen molar-refractivity contribution in [1.29, 1.82) is 0 Å². The predicted molar refractivity (Wildman–Crippen MR) is 148 cm³/mol. The zero-order chi connectivity index (χ0) is 27.2. The van der Waals surface area contributed by atoms with Crippen molar-refractivity contribution in [2.24, 2.45) is 12.5 Å². The molecule has 3 aliphatic rings. The average molecular weight is 527 g/mol. The van der Waals surface area contributed by atoms with Gasteiger partial charge in [-0.15, -0.1) is 0 Å². The highest BCUT2D eigenvalue weighted by molar-refractivity contribution is 5.99. The molecule has 1 unspecified atom stereocenters. The molecule has 5 heterocycles. The molecular formula is C29H30N6O4. The molecule has 1 amide bonds. The monoisotopic (exact) mass is 526 g/mol. The highest BCUT2D eigenvalue weighted by Crippen LogP contribution is 2.64. The number of nitrogens with one attached hydrogen (secondary N) is 1. The second kappa shape index (κ2) is 9.30. The molecule has 10 nitrogen and oxygen atoms in total. The van der Waals surface area contributed by atoms with E-state index in [0.29, 0.717) is 37.4 Å². The Morgan fingerprint density at radius 1 is 1.18 bits per heavy atom. The van der Waals surface area contributed by atoms with E-state index in [9.17, 15) is 14.7 Å². The van der Waals surface area contributed by atoms with E-state index in [0.717, 1.165) is 22.0 Å². The number of amides is 1. The molecule has 2 saturated heterocycles. The number of anilines is 2. The molecule has 1 aromatic carbocycles. The third kappa shape index (κ3) is 4.21. The summed E-state index contributed by atoms with van der Waals surface area (Å²) < 4.78 is 7.52. The highest BCUT2D eigenvalue weighted by atomic mass is 16.5. The molecule has 4 N–H and O–H groups in total. The van der Waals surface area contributed by atoms with Crippen LogP contribution >= 0.6 is 0 Å². The second-order valence-electron chi connectivity index (χ2n) is 10.7. The lowest BCUT2D eigenvalue weighted by Crippen LogP contribution is -2.56. The maximum absolute atomic E-state index is 12.7. The number of aromatic nitrogens is 3. The maximum atomic E-state index is 12.7. The van der Waals surface area contributed by atoms with E-state index in [1.165, 1.54) is 10.6 Å². The summed E-state index contributed by atoms with van der Waals surface area (Å²) in [6.45, 7) is 0.755. The van der Waals surface area contributed by atoms with Gasteiger partial charge in [0.15, 0.2) is 0 Å². The summed E-state index contributed by atoms with van der Waals surface area (Å²) >= 11 is 0. The van der Waals surface area contributed by atoms with Crippen LogP contribution in [0.1, 0.15) is 18.4 Å². The van der Waals surface area contributed by atoms with Crippen molar-refractivity contribution >= 4 is 28.4 Å². The van der Waals surface area contributed by atoms with Gasteiger partial charge in [0, 0.05) is 72.4 Å². The van der Waals surface area contributed by atoms with Crippen molar-refractivity contribution in [2.75, 3.05) is 24.2 Å². The number of nitrogen functional groups attached to an aromatic ring is 1. The number of fused-ring (bicyclic) bond motifs is 2. The van der Waals surface area contributed by atoms with Gasteiger partial charge in [-0.05, 0) is 49.1 Å². The van der Waals surface area contributed by atoms with Crippen LogP contribution in [-0.4, -0.2) is 55.4 Å². The van der Waals surface area contributed by atoms with Gasteiger partial charge in [0.2, 0.25) is 0 Å². The fraction of sp³-hybridized carbons (Fsp3) is 0.310. The van der Waals surface area contributed by atoms with Crippen LogP contribution in [0.2, 0.25) is 0 Å². The van der Waals surface area contributed by atoms with E-state index < -0.39 is 11.6 Å². The minimum atomic E-state index is -0.972. The Morgan fingerprint density at radius 3 is 2.77 bits per heavy atom. The fourth-order valence-electron chi connectivity index (χ4n) is 6.56. The number of nitrogens with two attached hydrogens (primary N) is 1. The summed E-state index contributed by atoms with van der Waals surface area (Å²) in [5.41, 5.74) is 6.83. The Morgan fingerprint density at radius 2 is 2.03 bits per heavy atom. The van der Waals surface area contributed by atoms with E-state index in [1.807, 2.05) is 36.4 Å². The Balaban J connectivity index is 1.30. The van der Waals surface area contributed by atoms with Crippen molar-refractivity contribution in [3.8, 4) is 5.75 Å². The summed E-state index contributed by atoms with van der Waals surface area (Å²) in [6.07, 6.45) is 7.70. The minimum Gasteiger partial charge on any atom is -0.491 e. The first-order valence-corrected chi connectivity index (χ1v) is 12.9. The number of hydrogen-bond acceptors (Lipinski definition) is 7. The molecule has 7 rings (SSSR count). The van der Waals surface area contributed by atoms with Crippen molar-refractivity contribution in [1.82, 2.24) is 19.4 Å². The van der Waals surface area contributed by atoms with Crippen LogP contribution in [0.3, 0.4) is 0 Å². The van der Waals surface area contributed by atoms with Crippen LogP contribution in [0, 0.1) is 5.41 Å². The molecule has 1 saturated carbocycles. The van der Waals surface area contributed by atoms with Gasteiger partial charge in [0.25, 0.3) is 5.56 Å². The maximum Gasteiger partial charge on any atom is 0.408 e. The van der Waals surface area contributed by atoms with Crippen LogP contribution in [0.25, 0.3) is 10.8 Å². The summed E-state index contributed by atoms with van der Waals surface area (Å²) in [7, 11) is 1.67. The van der Waals surface area contributed by atoms with Gasteiger partial charge >= 0.3 is 6.09 Å². The van der Waals surface area contributed by atoms with Crippen LogP contribution in [0.15, 0.2) is 78.1 Å². The third-order valence-corrected chi connectivity index (χ3v) is 8.30. The fourth-order valence-corrected chi connectivity index (χ4v) is 6.56. The van der Waals surface area contributed by atoms with Gasteiger partial charge in [-0.3, -0.25) is 14.7 Å². The van der Waals surface area contributed by atoms with Crippen molar-refractivity contribution in [3.63, 3.8) is 0 Å². The molecule has 10 heteroatoms. The SMILES string of the molecule is Cn1ccc(OCC23CC(CNc4cccc5c(N)nccc45)(C2)C(Cc2cccnc2)N3C(=O)O)cc1=O. The summed E-state index contributed by atoms with van der Waals surface area (Å²) in [5.74, 6) is 0.906. The smallest absolute Gasteiger partial charge is 0.408 e. The van der Waals surface area contributed by atoms with Crippen LogP contribution in [0.4, 0.5) is 16.3 Å². The number of carbonyl (C=O) groups is 1. The Kier molecular flexibility index (Phi) is 5.90. The topological polar surface area (TPSA) is 136 Å². The Bertz CT molecular complexity index is 1600. The molecule has 2 aliphatic heterocycles. The van der Waals surface area contributed by atoms with Gasteiger partial charge in [-0.25, -0.2) is 9.78 Å². The van der Waals surface area contributed by atoms with Gasteiger partial charge < -0.3 is 25.5 Å². The van der Waals surface area contributed by atoms with Crippen molar-refractivity contribution in [2.45, 2.75) is 30.8 Å². The molecule has 0 spiro atoms. The largest absolute Gasteiger partial charge is 0.491 e.